The number of urea groups is 1. The Morgan fingerprint density at radius 1 is 1.14 bits per heavy atom. The molecule has 2 fully saturated rings. The summed E-state index contributed by atoms with van der Waals surface area (Å²) in [6, 6.07) is -0.309. The highest BCUT2D eigenvalue weighted by Crippen LogP contribution is 2.35. The molecule has 2 saturated carbocycles. The van der Waals surface area contributed by atoms with Crippen molar-refractivity contribution in [2.75, 3.05) is 26.3 Å². The van der Waals surface area contributed by atoms with Crippen molar-refractivity contribution in [2.24, 2.45) is 11.3 Å². The van der Waals surface area contributed by atoms with Crippen LogP contribution >= 0.6 is 0 Å². The number of carbonyl (C=O) groups excluding carboxylic acids is 1. The van der Waals surface area contributed by atoms with Gasteiger partial charge in [-0.15, -0.1) is 0 Å². The van der Waals surface area contributed by atoms with E-state index in [0.29, 0.717) is 26.0 Å². The average molecular weight is 298 g/mol. The summed E-state index contributed by atoms with van der Waals surface area (Å²) in [6.45, 7) is 1.95. The van der Waals surface area contributed by atoms with Crippen LogP contribution in [0.5, 0.6) is 0 Å². The lowest BCUT2D eigenvalue weighted by Crippen LogP contribution is -2.47. The van der Waals surface area contributed by atoms with Gasteiger partial charge in [0, 0.05) is 19.7 Å². The quantitative estimate of drug-likeness (QED) is 0.596. The Balaban J connectivity index is 1.60. The Hall–Kier alpha value is -1.30. The number of aliphatic carboxylic acids is 1. The van der Waals surface area contributed by atoms with Gasteiger partial charge < -0.3 is 20.5 Å². The van der Waals surface area contributed by atoms with Crippen LogP contribution in [0.2, 0.25) is 0 Å². The minimum atomic E-state index is -0.796. The third-order valence-corrected chi connectivity index (χ3v) is 4.43. The Kier molecular flexibility index (Phi) is 5.85. The second-order valence-corrected chi connectivity index (χ2v) is 6.27. The van der Waals surface area contributed by atoms with Crippen LogP contribution in [-0.4, -0.2) is 43.4 Å². The number of carboxylic acids is 1. The maximum Gasteiger partial charge on any atom is 0.314 e. The predicted octanol–water partition coefficient (Wildman–Crippen LogP) is 1.75. The van der Waals surface area contributed by atoms with Gasteiger partial charge in [-0.1, -0.05) is 19.3 Å². The molecule has 0 unspecified atom stereocenters. The molecular weight excluding hydrogens is 272 g/mol. The van der Waals surface area contributed by atoms with Crippen LogP contribution in [0.25, 0.3) is 0 Å². The Labute approximate surface area is 125 Å². The zero-order valence-electron chi connectivity index (χ0n) is 12.5. The first-order chi connectivity index (χ1) is 10.1. The number of amides is 2. The van der Waals surface area contributed by atoms with E-state index in [0.717, 1.165) is 31.8 Å². The Bertz CT molecular complexity index is 363. The van der Waals surface area contributed by atoms with Crippen LogP contribution in [0.4, 0.5) is 4.79 Å². The number of rotatable bonds is 8. The Morgan fingerprint density at radius 2 is 1.86 bits per heavy atom. The number of carboxylic acid groups (broad SMARTS) is 1. The summed E-state index contributed by atoms with van der Waals surface area (Å²) in [5.41, 5.74) is -0.780. The summed E-state index contributed by atoms with van der Waals surface area (Å²) >= 11 is 0. The first-order valence-electron chi connectivity index (χ1n) is 7.95. The Morgan fingerprint density at radius 3 is 2.48 bits per heavy atom. The molecule has 2 aliphatic rings. The molecule has 3 N–H and O–H groups in total. The molecule has 120 valence electrons. The van der Waals surface area contributed by atoms with E-state index >= 15 is 0 Å². The number of hydrogen-bond acceptors (Lipinski definition) is 3. The van der Waals surface area contributed by atoms with E-state index in [4.69, 9.17) is 4.74 Å². The summed E-state index contributed by atoms with van der Waals surface area (Å²) in [4.78, 5) is 23.2. The van der Waals surface area contributed by atoms with Gasteiger partial charge >= 0.3 is 12.0 Å². The first kappa shape index (κ1) is 16.1. The first-order valence-corrected chi connectivity index (χ1v) is 7.95. The van der Waals surface area contributed by atoms with Crippen LogP contribution in [0.1, 0.15) is 44.9 Å². The van der Waals surface area contributed by atoms with Crippen LogP contribution in [0, 0.1) is 11.3 Å². The molecule has 21 heavy (non-hydrogen) atoms. The van der Waals surface area contributed by atoms with Crippen LogP contribution in [-0.2, 0) is 9.53 Å². The topological polar surface area (TPSA) is 87.7 Å². The summed E-state index contributed by atoms with van der Waals surface area (Å²) in [5.74, 6) is -0.0733. The monoisotopic (exact) mass is 298 g/mol. The molecule has 0 aromatic carbocycles. The average Bonchev–Trinajstić information content (AvgIpc) is 3.30. The minimum absolute atomic E-state index is 0.205. The molecule has 0 atom stereocenters. The predicted molar refractivity (Wildman–Crippen MR) is 78.1 cm³/mol. The fourth-order valence-corrected chi connectivity index (χ4v) is 2.78. The van der Waals surface area contributed by atoms with Gasteiger partial charge in [-0.2, -0.15) is 0 Å². The van der Waals surface area contributed by atoms with Gasteiger partial charge in [-0.3, -0.25) is 4.79 Å². The molecule has 0 saturated heterocycles. The van der Waals surface area contributed by atoms with E-state index in [1.165, 1.54) is 12.8 Å². The van der Waals surface area contributed by atoms with Crippen molar-refractivity contribution in [1.82, 2.24) is 10.6 Å². The standard InChI is InChI=1S/C15H26N2O4/c18-13(19)15(6-2-1-3-7-15)11-17-14(20)16-8-9-21-10-12-4-5-12/h12H,1-11H2,(H,18,19)(H2,16,17,20). The maximum atomic E-state index is 11.7. The zero-order valence-corrected chi connectivity index (χ0v) is 12.5. The van der Waals surface area contributed by atoms with E-state index < -0.39 is 11.4 Å². The summed E-state index contributed by atoms with van der Waals surface area (Å²) in [6.07, 6.45) is 6.73. The van der Waals surface area contributed by atoms with Gasteiger partial charge in [0.15, 0.2) is 0 Å². The molecule has 0 spiro atoms. The molecule has 2 amide bonds. The van der Waals surface area contributed by atoms with Crippen LogP contribution in [0.3, 0.4) is 0 Å². The normalized spacial score (nSPS) is 20.8. The molecule has 0 bridgehead atoms. The number of nitrogens with one attached hydrogen (secondary N) is 2. The van der Waals surface area contributed by atoms with Gasteiger partial charge in [0.05, 0.1) is 12.0 Å². The van der Waals surface area contributed by atoms with Crippen LogP contribution in [0.15, 0.2) is 0 Å². The van der Waals surface area contributed by atoms with Gasteiger partial charge in [0.1, 0.15) is 0 Å². The second kappa shape index (κ2) is 7.64. The van der Waals surface area contributed by atoms with Gasteiger partial charge in [0.25, 0.3) is 0 Å². The molecular formula is C15H26N2O4. The molecule has 6 heteroatoms. The fraction of sp³-hybridized carbons (Fsp3) is 0.867. The van der Waals surface area contributed by atoms with Gasteiger partial charge in [-0.25, -0.2) is 4.79 Å². The second-order valence-electron chi connectivity index (χ2n) is 6.27. The van der Waals surface area contributed by atoms with Gasteiger partial charge in [-0.05, 0) is 31.6 Å². The third-order valence-electron chi connectivity index (χ3n) is 4.43. The van der Waals surface area contributed by atoms with Crippen molar-refractivity contribution in [3.63, 3.8) is 0 Å². The fourth-order valence-electron chi connectivity index (χ4n) is 2.78. The third kappa shape index (κ3) is 5.19. The van der Waals surface area contributed by atoms with Crippen molar-refractivity contribution < 1.29 is 19.4 Å². The minimum Gasteiger partial charge on any atom is -0.481 e. The molecule has 2 rings (SSSR count). The van der Waals surface area contributed by atoms with E-state index in [9.17, 15) is 14.7 Å². The molecule has 0 aromatic rings. The van der Waals surface area contributed by atoms with Crippen molar-refractivity contribution >= 4 is 12.0 Å². The highest BCUT2D eigenvalue weighted by atomic mass is 16.5. The molecule has 0 aliphatic heterocycles. The molecule has 6 nitrogen and oxygen atoms in total. The molecule has 0 aromatic heterocycles. The molecule has 0 heterocycles. The lowest BCUT2D eigenvalue weighted by atomic mass is 9.74. The number of ether oxygens (including phenoxy) is 1. The highest BCUT2D eigenvalue weighted by Gasteiger charge is 2.39. The maximum absolute atomic E-state index is 11.7. The SMILES string of the molecule is O=C(NCCOCC1CC1)NCC1(C(=O)O)CCCCC1. The van der Waals surface area contributed by atoms with E-state index in [1.807, 2.05) is 0 Å². The zero-order chi connectivity index (χ0) is 15.1. The van der Waals surface area contributed by atoms with Crippen molar-refractivity contribution in [3.8, 4) is 0 Å². The lowest BCUT2D eigenvalue weighted by molar-refractivity contribution is -0.150. The largest absolute Gasteiger partial charge is 0.481 e. The summed E-state index contributed by atoms with van der Waals surface area (Å²) in [7, 11) is 0. The summed E-state index contributed by atoms with van der Waals surface area (Å²) < 4.78 is 5.42. The molecule has 0 radical (unpaired) electrons. The highest BCUT2D eigenvalue weighted by molar-refractivity contribution is 5.78. The van der Waals surface area contributed by atoms with E-state index in [-0.39, 0.29) is 12.6 Å². The van der Waals surface area contributed by atoms with Crippen molar-refractivity contribution in [3.05, 3.63) is 0 Å². The van der Waals surface area contributed by atoms with Gasteiger partial charge in [0.2, 0.25) is 0 Å². The molecule has 2 aliphatic carbocycles. The van der Waals surface area contributed by atoms with E-state index in [1.54, 1.807) is 0 Å². The van der Waals surface area contributed by atoms with E-state index in [2.05, 4.69) is 10.6 Å². The lowest BCUT2D eigenvalue weighted by Gasteiger charge is -2.33. The number of carbonyl (C=O) groups is 2. The van der Waals surface area contributed by atoms with Crippen molar-refractivity contribution in [1.29, 1.82) is 0 Å². The van der Waals surface area contributed by atoms with Crippen LogP contribution < -0.4 is 10.6 Å². The van der Waals surface area contributed by atoms with Crippen molar-refractivity contribution in [2.45, 2.75) is 44.9 Å². The smallest absolute Gasteiger partial charge is 0.314 e. The number of hydrogen-bond donors (Lipinski definition) is 3. The summed E-state index contributed by atoms with van der Waals surface area (Å²) in [5, 5.41) is 14.8.